The highest BCUT2D eigenvalue weighted by Gasteiger charge is 2.35. The van der Waals surface area contributed by atoms with E-state index in [1.807, 2.05) is 42.5 Å². The lowest BCUT2D eigenvalue weighted by Crippen LogP contribution is -2.40. The molecule has 45 heavy (non-hydrogen) atoms. The average molecular weight is 629 g/mol. The third kappa shape index (κ3) is 6.68. The minimum absolute atomic E-state index is 0.158. The molecule has 5 rings (SSSR count). The Balaban J connectivity index is 1.67. The predicted octanol–water partition coefficient (Wildman–Crippen LogP) is 3.89. The number of aromatic nitrogens is 1. The number of esters is 2. The van der Waals surface area contributed by atoms with Crippen molar-refractivity contribution >= 4 is 35.0 Å². The van der Waals surface area contributed by atoms with Gasteiger partial charge in [-0.15, -0.1) is 0 Å². The van der Waals surface area contributed by atoms with Gasteiger partial charge < -0.3 is 23.7 Å². The lowest BCUT2D eigenvalue weighted by Gasteiger charge is -2.26. The van der Waals surface area contributed by atoms with Crippen molar-refractivity contribution < 1.29 is 33.3 Å². The van der Waals surface area contributed by atoms with Gasteiger partial charge in [-0.1, -0.05) is 59.9 Å². The molecule has 1 aliphatic rings. The fourth-order valence-corrected chi connectivity index (χ4v) is 5.93. The molecule has 1 aromatic heterocycles. The van der Waals surface area contributed by atoms with E-state index in [9.17, 15) is 14.4 Å². The van der Waals surface area contributed by atoms with E-state index < -0.39 is 18.0 Å². The number of ether oxygens (including phenoxy) is 5. The molecule has 0 radical (unpaired) electrons. The molecule has 0 N–H and O–H groups in total. The van der Waals surface area contributed by atoms with E-state index in [0.717, 1.165) is 5.56 Å². The van der Waals surface area contributed by atoms with E-state index in [-0.39, 0.29) is 31.0 Å². The molecular weight excluding hydrogens is 596 g/mol. The number of benzene rings is 3. The lowest BCUT2D eigenvalue weighted by atomic mass is 9.93. The van der Waals surface area contributed by atoms with Gasteiger partial charge in [-0.05, 0) is 55.3 Å². The number of fused-ring (bicyclic) bond motifs is 1. The van der Waals surface area contributed by atoms with Gasteiger partial charge in [-0.3, -0.25) is 9.36 Å². The van der Waals surface area contributed by atoms with E-state index >= 15 is 0 Å². The number of hydrogen-bond acceptors (Lipinski definition) is 10. The molecule has 11 heteroatoms. The minimum Gasteiger partial charge on any atom is -0.497 e. The first-order valence-electron chi connectivity index (χ1n) is 14.3. The molecule has 0 amide bonds. The van der Waals surface area contributed by atoms with E-state index in [4.69, 9.17) is 28.7 Å². The van der Waals surface area contributed by atoms with Crippen LogP contribution in [0.25, 0.3) is 11.8 Å². The molecule has 1 atom stereocenters. The Bertz CT molecular complexity index is 1910. The molecule has 0 bridgehead atoms. The summed E-state index contributed by atoms with van der Waals surface area (Å²) in [6.07, 6.45) is 1.72. The number of rotatable bonds is 11. The zero-order valence-corrected chi connectivity index (χ0v) is 26.1. The SMILES string of the molecule is CCOC(=O)COc1ccc(/C=c2\sc3n(c2=O)[C@H](c2ccc(OC)cc2)C(C(=O)OCC)=C(c2ccccc2)N=3)cc1OC. The van der Waals surface area contributed by atoms with Gasteiger partial charge in [-0.2, -0.15) is 0 Å². The summed E-state index contributed by atoms with van der Waals surface area (Å²) in [7, 11) is 3.06. The Labute approximate surface area is 263 Å². The van der Waals surface area contributed by atoms with Gasteiger partial charge in [0.25, 0.3) is 5.56 Å². The van der Waals surface area contributed by atoms with E-state index in [2.05, 4.69) is 0 Å². The standard InChI is InChI=1S/C34H32N2O8S/c1-5-42-28(37)20-44-25-17-12-21(18-26(25)41-4)19-27-32(38)36-31(23-13-15-24(40-3)16-14-23)29(33(39)43-6-2)30(35-34(36)45-27)22-10-8-7-9-11-22/h7-19,31H,5-6,20H2,1-4H3/b27-19-/t31-/m1/s1. The fourth-order valence-electron chi connectivity index (χ4n) is 4.93. The van der Waals surface area contributed by atoms with Crippen LogP contribution in [0.2, 0.25) is 0 Å². The van der Waals surface area contributed by atoms with Crippen LogP contribution in [-0.2, 0) is 19.1 Å². The van der Waals surface area contributed by atoms with Gasteiger partial charge in [-0.25, -0.2) is 14.6 Å². The Hall–Kier alpha value is -5.16. The number of hydrogen-bond donors (Lipinski definition) is 0. The molecule has 0 spiro atoms. The molecule has 0 aliphatic carbocycles. The van der Waals surface area contributed by atoms with Gasteiger partial charge in [0.05, 0.1) is 49.3 Å². The van der Waals surface area contributed by atoms with Crippen molar-refractivity contribution in [1.29, 1.82) is 0 Å². The Morgan fingerprint density at radius 1 is 0.911 bits per heavy atom. The molecular formula is C34H32N2O8S. The van der Waals surface area contributed by atoms with Crippen LogP contribution in [0.5, 0.6) is 17.2 Å². The van der Waals surface area contributed by atoms with Gasteiger partial charge in [0.15, 0.2) is 22.9 Å². The Kier molecular flexibility index (Phi) is 9.79. The molecule has 4 aromatic rings. The molecule has 0 fully saturated rings. The number of carbonyl (C=O) groups is 2. The Morgan fingerprint density at radius 2 is 1.64 bits per heavy atom. The van der Waals surface area contributed by atoms with Gasteiger partial charge in [0.1, 0.15) is 5.75 Å². The van der Waals surface area contributed by atoms with E-state index in [1.54, 1.807) is 57.4 Å². The van der Waals surface area contributed by atoms with Crippen molar-refractivity contribution in [2.75, 3.05) is 34.0 Å². The summed E-state index contributed by atoms with van der Waals surface area (Å²) in [5.74, 6) is 0.328. The third-order valence-corrected chi connectivity index (χ3v) is 7.92. The first kappa shape index (κ1) is 31.3. The maximum atomic E-state index is 14.1. The van der Waals surface area contributed by atoms with Gasteiger partial charge in [0.2, 0.25) is 0 Å². The Morgan fingerprint density at radius 3 is 2.31 bits per heavy atom. The van der Waals surface area contributed by atoms with Crippen LogP contribution >= 0.6 is 11.3 Å². The maximum absolute atomic E-state index is 14.1. The molecule has 0 saturated heterocycles. The largest absolute Gasteiger partial charge is 0.497 e. The van der Waals surface area contributed by atoms with Crippen molar-refractivity contribution in [3.8, 4) is 17.2 Å². The van der Waals surface area contributed by atoms with E-state index in [1.165, 1.54) is 23.0 Å². The van der Waals surface area contributed by atoms with Crippen LogP contribution in [0.1, 0.15) is 36.6 Å². The smallest absolute Gasteiger partial charge is 0.344 e. The summed E-state index contributed by atoms with van der Waals surface area (Å²) in [4.78, 5) is 44.8. The van der Waals surface area contributed by atoms with Crippen LogP contribution in [-0.4, -0.2) is 50.5 Å². The highest BCUT2D eigenvalue weighted by molar-refractivity contribution is 7.07. The molecule has 1 aliphatic heterocycles. The number of carbonyl (C=O) groups excluding carboxylic acids is 2. The zero-order chi connectivity index (χ0) is 31.9. The number of nitrogens with zero attached hydrogens (tertiary/aromatic N) is 2. The van der Waals surface area contributed by atoms with Crippen molar-refractivity contribution in [2.24, 2.45) is 4.99 Å². The molecule has 3 aromatic carbocycles. The second-order valence-electron chi connectivity index (χ2n) is 9.71. The zero-order valence-electron chi connectivity index (χ0n) is 25.3. The van der Waals surface area contributed by atoms with Crippen LogP contribution in [0.4, 0.5) is 0 Å². The summed E-state index contributed by atoms with van der Waals surface area (Å²) < 4.78 is 28.8. The van der Waals surface area contributed by atoms with Crippen molar-refractivity contribution in [2.45, 2.75) is 19.9 Å². The fraction of sp³-hybridized carbons (Fsp3) is 0.235. The van der Waals surface area contributed by atoms with Crippen LogP contribution in [0.3, 0.4) is 0 Å². The summed E-state index contributed by atoms with van der Waals surface area (Å²) in [5, 5.41) is 0. The molecule has 0 unspecified atom stereocenters. The predicted molar refractivity (Wildman–Crippen MR) is 169 cm³/mol. The monoisotopic (exact) mass is 628 g/mol. The average Bonchev–Trinajstić information content (AvgIpc) is 3.37. The first-order chi connectivity index (χ1) is 21.9. The van der Waals surface area contributed by atoms with Crippen LogP contribution in [0, 0.1) is 0 Å². The number of methoxy groups -OCH3 is 2. The van der Waals surface area contributed by atoms with Crippen molar-refractivity contribution in [3.05, 3.63) is 115 Å². The second kappa shape index (κ2) is 14.1. The molecule has 10 nitrogen and oxygen atoms in total. The maximum Gasteiger partial charge on any atom is 0.344 e. The highest BCUT2D eigenvalue weighted by Crippen LogP contribution is 2.36. The third-order valence-electron chi connectivity index (χ3n) is 6.94. The molecule has 0 saturated carbocycles. The molecule has 2 heterocycles. The topological polar surface area (TPSA) is 115 Å². The minimum atomic E-state index is -0.809. The van der Waals surface area contributed by atoms with Crippen molar-refractivity contribution in [1.82, 2.24) is 4.57 Å². The van der Waals surface area contributed by atoms with Crippen LogP contribution in [0.15, 0.2) is 88.2 Å². The highest BCUT2D eigenvalue weighted by atomic mass is 32.1. The first-order valence-corrected chi connectivity index (χ1v) is 15.1. The summed E-state index contributed by atoms with van der Waals surface area (Å²) in [6.45, 7) is 3.60. The summed E-state index contributed by atoms with van der Waals surface area (Å²) in [6, 6.07) is 20.9. The van der Waals surface area contributed by atoms with E-state index in [0.29, 0.717) is 43.4 Å². The van der Waals surface area contributed by atoms with Crippen molar-refractivity contribution in [3.63, 3.8) is 0 Å². The van der Waals surface area contributed by atoms with Crippen LogP contribution < -0.4 is 29.1 Å². The normalized spacial score (nSPS) is 14.3. The quantitative estimate of drug-likeness (QED) is 0.230. The summed E-state index contributed by atoms with van der Waals surface area (Å²) in [5.41, 5.74) is 2.45. The van der Waals surface area contributed by atoms with Gasteiger partial charge in [0, 0.05) is 5.56 Å². The second-order valence-corrected chi connectivity index (χ2v) is 10.7. The molecule has 232 valence electrons. The number of thiazole rings is 1. The summed E-state index contributed by atoms with van der Waals surface area (Å²) >= 11 is 1.21. The van der Waals surface area contributed by atoms with Gasteiger partial charge >= 0.3 is 11.9 Å². The lowest BCUT2D eigenvalue weighted by molar-refractivity contribution is -0.145.